The second-order valence-electron chi connectivity index (χ2n) is 11.7. The van der Waals surface area contributed by atoms with Gasteiger partial charge in [-0.3, -0.25) is 4.31 Å². The monoisotopic (exact) mass is 706 g/mol. The van der Waals surface area contributed by atoms with Crippen molar-refractivity contribution in [2.24, 2.45) is 0 Å². The van der Waals surface area contributed by atoms with Crippen molar-refractivity contribution in [3.63, 3.8) is 0 Å². The minimum absolute atomic E-state index is 0.114. The Balaban J connectivity index is 1.75. The average molecular weight is 708 g/mol. The van der Waals surface area contributed by atoms with E-state index in [1.165, 1.54) is 7.11 Å². The van der Waals surface area contributed by atoms with Crippen LogP contribution in [-0.2, 0) is 30.0 Å². The van der Waals surface area contributed by atoms with Crippen LogP contribution in [0.2, 0.25) is 0 Å². The Bertz CT molecular complexity index is 1600. The number of methoxy groups -OCH3 is 1. The van der Waals surface area contributed by atoms with Gasteiger partial charge in [0.1, 0.15) is 5.60 Å². The van der Waals surface area contributed by atoms with Crippen LogP contribution in [0.5, 0.6) is 5.75 Å². The van der Waals surface area contributed by atoms with Gasteiger partial charge in [-0.1, -0.05) is 30.3 Å². The summed E-state index contributed by atoms with van der Waals surface area (Å²) in [4.78, 5) is 25.9. The lowest BCUT2D eigenvalue weighted by Gasteiger charge is -2.36. The highest BCUT2D eigenvalue weighted by Crippen LogP contribution is 2.47. The summed E-state index contributed by atoms with van der Waals surface area (Å²) in [5.74, 6) is -1.16. The van der Waals surface area contributed by atoms with E-state index >= 15 is 0 Å². The predicted molar refractivity (Wildman–Crippen MR) is 177 cm³/mol. The molecule has 0 radical (unpaired) electrons. The zero-order valence-corrected chi connectivity index (χ0v) is 29.1. The minimum atomic E-state index is -3.79. The van der Waals surface area contributed by atoms with Crippen LogP contribution in [0.25, 0.3) is 10.4 Å². The summed E-state index contributed by atoms with van der Waals surface area (Å²) >= 11 is 4.70. The van der Waals surface area contributed by atoms with Crippen LogP contribution in [0.4, 0.5) is 5.69 Å². The van der Waals surface area contributed by atoms with Crippen molar-refractivity contribution >= 4 is 54.9 Å². The van der Waals surface area contributed by atoms with E-state index < -0.39 is 34.2 Å². The van der Waals surface area contributed by atoms with Crippen molar-refractivity contribution in [2.45, 2.75) is 64.9 Å². The summed E-state index contributed by atoms with van der Waals surface area (Å²) in [5, 5.41) is 3.33. The first-order valence-corrected chi connectivity index (χ1v) is 17.6. The van der Waals surface area contributed by atoms with E-state index in [0.29, 0.717) is 33.4 Å². The molecule has 1 N–H and O–H groups in total. The Morgan fingerprint density at radius 3 is 2.32 bits per heavy atom. The van der Waals surface area contributed by atoms with Gasteiger partial charge in [0.2, 0.25) is 10.0 Å². The number of nitrogens with one attached hydrogen (secondary N) is 1. The first-order valence-electron chi connectivity index (χ1n) is 14.4. The molecule has 0 saturated carbocycles. The van der Waals surface area contributed by atoms with Crippen LogP contribution in [-0.4, -0.2) is 58.8 Å². The number of piperidine rings is 1. The number of nitrogens with zero attached hydrogens (tertiary/aromatic N) is 1. The molecule has 2 heterocycles. The summed E-state index contributed by atoms with van der Waals surface area (Å²) in [6.45, 7) is 10.2. The molecule has 3 aromatic rings. The van der Waals surface area contributed by atoms with E-state index in [0.717, 1.165) is 41.1 Å². The third kappa shape index (κ3) is 8.01. The molecule has 0 atom stereocenters. The largest absolute Gasteiger partial charge is 0.479 e. The quantitative estimate of drug-likeness (QED) is 0.242. The molecule has 1 saturated heterocycles. The van der Waals surface area contributed by atoms with Crippen molar-refractivity contribution < 1.29 is 32.2 Å². The Hall–Kier alpha value is -2.93. The number of carbonyl (C=O) groups is 2. The Labute approximate surface area is 272 Å². The number of halogens is 1. The van der Waals surface area contributed by atoms with E-state index in [1.807, 2.05) is 44.2 Å². The molecule has 44 heavy (non-hydrogen) atoms. The maximum absolute atomic E-state index is 14.2. The summed E-state index contributed by atoms with van der Waals surface area (Å²) in [6, 6.07) is 12.9. The smallest absolute Gasteiger partial charge is 0.351 e. The van der Waals surface area contributed by atoms with Gasteiger partial charge in [-0.05, 0) is 111 Å². The van der Waals surface area contributed by atoms with Gasteiger partial charge in [0.15, 0.2) is 17.2 Å². The van der Waals surface area contributed by atoms with Crippen molar-refractivity contribution in [2.75, 3.05) is 31.1 Å². The minimum Gasteiger partial charge on any atom is -0.479 e. The molecule has 0 spiro atoms. The molecule has 0 aliphatic carbocycles. The fourth-order valence-electron chi connectivity index (χ4n) is 5.19. The van der Waals surface area contributed by atoms with Crippen LogP contribution in [0.15, 0.2) is 46.9 Å². The first kappa shape index (κ1) is 34.0. The molecule has 1 aliphatic rings. The number of hydrogen-bond donors (Lipinski definition) is 1. The molecule has 0 unspecified atom stereocenters. The van der Waals surface area contributed by atoms with Crippen LogP contribution >= 0.6 is 27.3 Å². The maximum Gasteiger partial charge on any atom is 0.351 e. The number of sulfonamides is 1. The van der Waals surface area contributed by atoms with Crippen molar-refractivity contribution in [1.29, 1.82) is 0 Å². The van der Waals surface area contributed by atoms with E-state index in [2.05, 4.69) is 21.2 Å². The molecular weight excluding hydrogens is 668 g/mol. The topological polar surface area (TPSA) is 111 Å². The zero-order valence-electron chi connectivity index (χ0n) is 25.9. The highest BCUT2D eigenvalue weighted by Gasteiger charge is 2.33. The lowest BCUT2D eigenvalue weighted by atomic mass is 10.1. The van der Waals surface area contributed by atoms with E-state index in [-0.39, 0.29) is 22.4 Å². The number of benzene rings is 2. The average Bonchev–Trinajstić information content (AvgIpc) is 3.29. The summed E-state index contributed by atoms with van der Waals surface area (Å²) in [6.07, 6.45) is 1.35. The Morgan fingerprint density at radius 1 is 1.07 bits per heavy atom. The lowest BCUT2D eigenvalue weighted by Crippen LogP contribution is -2.46. The standard InChI is InChI=1S/C32H39BrN2O7S2/c1-20-9-7-10-21(2)25(20)19-44(38,39)35(23-13-15-34-16-14-23)24-12-8-11-22(17-24)29-27(33)28(30(43-29)31(37)40-6)41-18-26(36)42-32(3,4)5/h7-12,17,23,34H,13-16,18-19H2,1-6H3. The van der Waals surface area contributed by atoms with Gasteiger partial charge < -0.3 is 19.5 Å². The van der Waals surface area contributed by atoms with Crippen molar-refractivity contribution in [1.82, 2.24) is 5.32 Å². The van der Waals surface area contributed by atoms with Gasteiger partial charge in [-0.2, -0.15) is 0 Å². The molecular formula is C32H39BrN2O7S2. The van der Waals surface area contributed by atoms with Gasteiger partial charge >= 0.3 is 11.9 Å². The second kappa shape index (κ2) is 14.0. The second-order valence-corrected chi connectivity index (χ2v) is 15.4. The predicted octanol–water partition coefficient (Wildman–Crippen LogP) is 6.39. The summed E-state index contributed by atoms with van der Waals surface area (Å²) < 4.78 is 46.6. The molecule has 238 valence electrons. The van der Waals surface area contributed by atoms with Crippen LogP contribution < -0.4 is 14.4 Å². The highest BCUT2D eigenvalue weighted by molar-refractivity contribution is 9.10. The summed E-state index contributed by atoms with van der Waals surface area (Å²) in [5.41, 5.74) is 3.20. The fraction of sp³-hybridized carbons (Fsp3) is 0.438. The molecule has 1 aliphatic heterocycles. The third-order valence-electron chi connectivity index (χ3n) is 7.21. The van der Waals surface area contributed by atoms with Gasteiger partial charge in [-0.15, -0.1) is 11.3 Å². The van der Waals surface area contributed by atoms with Gasteiger partial charge in [0.05, 0.1) is 27.9 Å². The van der Waals surface area contributed by atoms with Gasteiger partial charge in [0, 0.05) is 6.04 Å². The van der Waals surface area contributed by atoms with Crippen LogP contribution in [0, 0.1) is 13.8 Å². The number of rotatable bonds is 10. The Morgan fingerprint density at radius 2 is 1.70 bits per heavy atom. The Kier molecular flexibility index (Phi) is 10.8. The van der Waals surface area contributed by atoms with Crippen molar-refractivity contribution in [3.8, 4) is 16.2 Å². The number of anilines is 1. The molecule has 0 amide bonds. The normalized spacial score (nSPS) is 14.2. The molecule has 1 fully saturated rings. The molecule has 2 aromatic carbocycles. The molecule has 0 bridgehead atoms. The maximum atomic E-state index is 14.2. The molecule has 4 rings (SSSR count). The van der Waals surface area contributed by atoms with Gasteiger partial charge in [-0.25, -0.2) is 18.0 Å². The fourth-order valence-corrected chi connectivity index (χ4v) is 9.22. The van der Waals surface area contributed by atoms with Crippen LogP contribution in [0.3, 0.4) is 0 Å². The number of thiophene rings is 1. The summed E-state index contributed by atoms with van der Waals surface area (Å²) in [7, 11) is -2.52. The molecule has 9 nitrogen and oxygen atoms in total. The van der Waals surface area contributed by atoms with E-state index in [9.17, 15) is 18.0 Å². The first-order chi connectivity index (χ1) is 20.7. The number of carbonyl (C=O) groups excluding carboxylic acids is 2. The number of aryl methyl sites for hydroxylation is 2. The lowest BCUT2D eigenvalue weighted by molar-refractivity contribution is -0.157. The number of hydrogen-bond acceptors (Lipinski definition) is 9. The van der Waals surface area contributed by atoms with Crippen LogP contribution in [0.1, 0.15) is 60.0 Å². The molecule has 1 aromatic heterocycles. The van der Waals surface area contributed by atoms with E-state index in [4.69, 9.17) is 14.2 Å². The number of esters is 2. The highest BCUT2D eigenvalue weighted by atomic mass is 79.9. The molecule has 12 heteroatoms. The SMILES string of the molecule is COC(=O)c1sc(-c2cccc(N(C3CCNCC3)S(=O)(=O)Cc3c(C)cccc3C)c2)c(Br)c1OCC(=O)OC(C)(C)C. The van der Waals surface area contributed by atoms with E-state index in [1.54, 1.807) is 37.2 Å². The van der Waals surface area contributed by atoms with Gasteiger partial charge in [0.25, 0.3) is 0 Å². The zero-order chi connectivity index (χ0) is 32.2. The number of ether oxygens (including phenoxy) is 3. The third-order valence-corrected chi connectivity index (χ3v) is 11.2. The van der Waals surface area contributed by atoms with Crippen molar-refractivity contribution in [3.05, 3.63) is 68.5 Å².